The van der Waals surface area contributed by atoms with Gasteiger partial charge in [0.1, 0.15) is 5.75 Å². The van der Waals surface area contributed by atoms with Gasteiger partial charge in [-0.25, -0.2) is 0 Å². The summed E-state index contributed by atoms with van der Waals surface area (Å²) in [4.78, 5) is 4.32. The van der Waals surface area contributed by atoms with Crippen LogP contribution in [0.3, 0.4) is 0 Å². The summed E-state index contributed by atoms with van der Waals surface area (Å²) in [5.41, 5.74) is 1.54. The molecule has 1 N–H and O–H groups in total. The molecule has 3 aromatic rings. The van der Waals surface area contributed by atoms with Gasteiger partial charge in [-0.05, 0) is 58.5 Å². The van der Waals surface area contributed by atoms with Gasteiger partial charge >= 0.3 is 0 Å². The Labute approximate surface area is 139 Å². The number of benzene rings is 2. The number of halogens is 2. The lowest BCUT2D eigenvalue weighted by atomic mass is 10.1. The van der Waals surface area contributed by atoms with Crippen molar-refractivity contribution in [3.05, 3.63) is 62.4 Å². The molecule has 4 nitrogen and oxygen atoms in total. The van der Waals surface area contributed by atoms with Crippen LogP contribution in [0.2, 0.25) is 5.02 Å². The number of phenols is 1. The fourth-order valence-electron chi connectivity index (χ4n) is 1.94. The Kier molecular flexibility index (Phi) is 4.12. The number of nitrogens with zero attached hydrogens (tertiary/aromatic N) is 2. The van der Waals surface area contributed by atoms with Gasteiger partial charge in [-0.2, -0.15) is 4.98 Å². The van der Waals surface area contributed by atoms with E-state index < -0.39 is 0 Å². The van der Waals surface area contributed by atoms with Gasteiger partial charge in [0.25, 0.3) is 5.89 Å². The van der Waals surface area contributed by atoms with E-state index in [0.29, 0.717) is 28.7 Å². The van der Waals surface area contributed by atoms with Gasteiger partial charge in [0.2, 0.25) is 0 Å². The normalized spacial score (nSPS) is 10.8. The summed E-state index contributed by atoms with van der Waals surface area (Å²) < 4.78 is 6.21. The van der Waals surface area contributed by atoms with Crippen LogP contribution in [-0.4, -0.2) is 15.2 Å². The molecule has 0 spiro atoms. The highest BCUT2D eigenvalue weighted by Gasteiger charge is 2.13. The van der Waals surface area contributed by atoms with Crippen molar-refractivity contribution in [3.63, 3.8) is 0 Å². The second-order valence-corrected chi connectivity index (χ2v) is 6.17. The van der Waals surface area contributed by atoms with E-state index in [1.165, 1.54) is 0 Å². The average Bonchev–Trinajstić information content (AvgIpc) is 2.90. The minimum atomic E-state index is 0.119. The highest BCUT2D eigenvalue weighted by atomic mass is 127. The molecule has 1 aromatic heterocycles. The van der Waals surface area contributed by atoms with Crippen LogP contribution in [0.25, 0.3) is 11.5 Å². The van der Waals surface area contributed by atoms with E-state index >= 15 is 0 Å². The first-order valence-electron chi connectivity index (χ1n) is 6.18. The number of rotatable bonds is 3. The summed E-state index contributed by atoms with van der Waals surface area (Å²) in [5.74, 6) is 0.974. The Balaban J connectivity index is 1.88. The second-order valence-electron chi connectivity index (χ2n) is 4.48. The molecule has 0 amide bonds. The van der Waals surface area contributed by atoms with Crippen molar-refractivity contribution >= 4 is 34.2 Å². The summed E-state index contributed by atoms with van der Waals surface area (Å²) >= 11 is 8.11. The molecule has 0 saturated heterocycles. The summed E-state index contributed by atoms with van der Waals surface area (Å²) in [6.07, 6.45) is 0.523. The topological polar surface area (TPSA) is 59.2 Å². The van der Waals surface area contributed by atoms with E-state index in [9.17, 15) is 5.11 Å². The maximum absolute atomic E-state index is 9.88. The Morgan fingerprint density at radius 1 is 1.19 bits per heavy atom. The van der Waals surface area contributed by atoms with Crippen LogP contribution in [0.1, 0.15) is 11.4 Å². The molecule has 0 unspecified atom stereocenters. The van der Waals surface area contributed by atoms with Gasteiger partial charge in [-0.15, -0.1) is 0 Å². The number of hydrogen-bond acceptors (Lipinski definition) is 4. The predicted octanol–water partition coefficient (Wildman–Crippen LogP) is 4.29. The quantitative estimate of drug-likeness (QED) is 0.652. The molecule has 3 rings (SSSR count). The monoisotopic (exact) mass is 412 g/mol. The highest BCUT2D eigenvalue weighted by molar-refractivity contribution is 14.1. The first-order chi connectivity index (χ1) is 10.1. The molecule has 0 atom stereocenters. The number of aromatic nitrogens is 2. The maximum Gasteiger partial charge on any atom is 0.261 e. The van der Waals surface area contributed by atoms with Gasteiger partial charge < -0.3 is 9.63 Å². The smallest absolute Gasteiger partial charge is 0.261 e. The fraction of sp³-hybridized carbons (Fsp3) is 0.0667. The first kappa shape index (κ1) is 14.3. The molecule has 2 aromatic carbocycles. The van der Waals surface area contributed by atoms with E-state index in [4.69, 9.17) is 16.1 Å². The van der Waals surface area contributed by atoms with Crippen LogP contribution >= 0.6 is 34.2 Å². The third-order valence-corrected chi connectivity index (χ3v) is 3.81. The second kappa shape index (κ2) is 6.03. The van der Waals surface area contributed by atoms with Crippen LogP contribution in [0.15, 0.2) is 47.0 Å². The van der Waals surface area contributed by atoms with E-state index in [2.05, 4.69) is 32.7 Å². The Hall–Kier alpha value is -1.60. The Bertz CT molecular complexity index is 789. The summed E-state index contributed by atoms with van der Waals surface area (Å²) in [6, 6.07) is 12.7. The van der Waals surface area contributed by atoms with Crippen molar-refractivity contribution in [1.82, 2.24) is 10.1 Å². The van der Waals surface area contributed by atoms with E-state index in [1.54, 1.807) is 12.1 Å². The fourth-order valence-corrected chi connectivity index (χ4v) is 2.65. The maximum atomic E-state index is 9.88. The SMILES string of the molecule is Oc1ccc(I)cc1-c1nc(Cc2cccc(Cl)c2)no1. The molecule has 21 heavy (non-hydrogen) atoms. The number of phenolic OH excluding ortho intramolecular Hbond substituents is 1. The molecule has 1 heterocycles. The summed E-state index contributed by atoms with van der Waals surface area (Å²) in [5, 5.41) is 14.5. The summed E-state index contributed by atoms with van der Waals surface area (Å²) in [6.45, 7) is 0. The van der Waals surface area contributed by atoms with E-state index in [0.717, 1.165) is 9.13 Å². The third-order valence-electron chi connectivity index (χ3n) is 2.91. The van der Waals surface area contributed by atoms with Gasteiger partial charge in [0.15, 0.2) is 5.82 Å². The van der Waals surface area contributed by atoms with Crippen molar-refractivity contribution in [2.45, 2.75) is 6.42 Å². The molecule has 0 radical (unpaired) electrons. The number of aromatic hydroxyl groups is 1. The van der Waals surface area contributed by atoms with Crippen LogP contribution < -0.4 is 0 Å². The molecule has 106 valence electrons. The molecule has 0 aliphatic carbocycles. The summed E-state index contributed by atoms with van der Waals surface area (Å²) in [7, 11) is 0. The van der Waals surface area contributed by atoms with E-state index in [-0.39, 0.29) is 5.75 Å². The van der Waals surface area contributed by atoms with Gasteiger partial charge in [-0.3, -0.25) is 0 Å². The molecule has 6 heteroatoms. The zero-order valence-corrected chi connectivity index (χ0v) is 13.7. The lowest BCUT2D eigenvalue weighted by Gasteiger charge is -1.99. The molecule has 0 saturated carbocycles. The Morgan fingerprint density at radius 3 is 2.86 bits per heavy atom. The molecular weight excluding hydrogens is 403 g/mol. The zero-order chi connectivity index (χ0) is 14.8. The van der Waals surface area contributed by atoms with E-state index in [1.807, 2.05) is 30.3 Å². The first-order valence-corrected chi connectivity index (χ1v) is 7.63. The van der Waals surface area contributed by atoms with Crippen LogP contribution in [-0.2, 0) is 6.42 Å². The van der Waals surface area contributed by atoms with Crippen LogP contribution in [0.5, 0.6) is 5.75 Å². The van der Waals surface area contributed by atoms with Gasteiger partial charge in [-0.1, -0.05) is 28.9 Å². The third kappa shape index (κ3) is 3.36. The van der Waals surface area contributed by atoms with Gasteiger partial charge in [0.05, 0.1) is 5.56 Å². The van der Waals surface area contributed by atoms with Crippen molar-refractivity contribution < 1.29 is 9.63 Å². The molecular formula is C15H10ClIN2O2. The standard InChI is InChI=1S/C15H10ClIN2O2/c16-10-3-1-2-9(6-10)7-14-18-15(21-19-14)12-8-11(17)4-5-13(12)20/h1-6,8,20H,7H2. The number of hydrogen-bond donors (Lipinski definition) is 1. The van der Waals surface area contributed by atoms with Crippen molar-refractivity contribution in [2.24, 2.45) is 0 Å². The predicted molar refractivity (Wildman–Crippen MR) is 88.4 cm³/mol. The molecule has 0 fully saturated rings. The molecule has 0 bridgehead atoms. The van der Waals surface area contributed by atoms with Crippen LogP contribution in [0.4, 0.5) is 0 Å². The van der Waals surface area contributed by atoms with Crippen molar-refractivity contribution in [3.8, 4) is 17.2 Å². The largest absolute Gasteiger partial charge is 0.507 e. The molecule has 0 aliphatic rings. The van der Waals surface area contributed by atoms with Crippen molar-refractivity contribution in [1.29, 1.82) is 0 Å². The minimum Gasteiger partial charge on any atom is -0.507 e. The average molecular weight is 413 g/mol. The zero-order valence-electron chi connectivity index (χ0n) is 10.8. The van der Waals surface area contributed by atoms with Gasteiger partial charge in [0, 0.05) is 15.0 Å². The molecule has 0 aliphatic heterocycles. The van der Waals surface area contributed by atoms with Crippen LogP contribution in [0, 0.1) is 3.57 Å². The minimum absolute atomic E-state index is 0.119. The lowest BCUT2D eigenvalue weighted by molar-refractivity contribution is 0.418. The lowest BCUT2D eigenvalue weighted by Crippen LogP contribution is -1.90. The highest BCUT2D eigenvalue weighted by Crippen LogP contribution is 2.29. The Morgan fingerprint density at radius 2 is 2.05 bits per heavy atom. The van der Waals surface area contributed by atoms with Crippen molar-refractivity contribution in [2.75, 3.05) is 0 Å².